The fourth-order valence-corrected chi connectivity index (χ4v) is 6.38. The lowest BCUT2D eigenvalue weighted by atomic mass is 9.76. The van der Waals surface area contributed by atoms with Gasteiger partial charge in [-0.2, -0.15) is 0 Å². The highest BCUT2D eigenvalue weighted by Crippen LogP contribution is 2.38. The van der Waals surface area contributed by atoms with Gasteiger partial charge in [0.05, 0.1) is 0 Å². The van der Waals surface area contributed by atoms with Gasteiger partial charge in [-0.05, 0) is 55.9 Å². The first-order valence-electron chi connectivity index (χ1n) is 13.0. The van der Waals surface area contributed by atoms with Crippen LogP contribution in [0.15, 0.2) is 30.3 Å². The molecule has 0 unspecified atom stereocenters. The molecule has 4 aliphatic rings. The summed E-state index contributed by atoms with van der Waals surface area (Å²) in [5, 5.41) is 6.02. The second kappa shape index (κ2) is 10.2. The summed E-state index contributed by atoms with van der Waals surface area (Å²) in [6, 6.07) is 10.6. The number of urea groups is 2. The maximum Gasteiger partial charge on any atom is 0.320 e. The third-order valence-electron chi connectivity index (χ3n) is 8.09. The van der Waals surface area contributed by atoms with Crippen LogP contribution in [0.1, 0.15) is 44.1 Å². The first-order valence-corrected chi connectivity index (χ1v) is 13.0. The number of nitrogens with one attached hydrogen (secondary N) is 2. The lowest BCUT2D eigenvalue weighted by Crippen LogP contribution is -2.62. The summed E-state index contributed by atoms with van der Waals surface area (Å²) in [7, 11) is 0. The summed E-state index contributed by atoms with van der Waals surface area (Å²) >= 11 is 0. The molecule has 0 aromatic heterocycles. The second-order valence-electron chi connectivity index (χ2n) is 10.5. The van der Waals surface area contributed by atoms with Gasteiger partial charge in [-0.15, -0.1) is 0 Å². The molecule has 1 aromatic rings. The summed E-state index contributed by atoms with van der Waals surface area (Å²) in [5.74, 6) is 1.13. The van der Waals surface area contributed by atoms with Crippen LogP contribution in [0.2, 0.25) is 0 Å². The van der Waals surface area contributed by atoms with Crippen molar-refractivity contribution in [3.05, 3.63) is 35.9 Å². The SMILES string of the molecule is O=C(NCCc1ccccc1)NC1CCN(C(=O)N2C[C@H]3C[C@H](C2)[C@H]2CCCC(=O)N2C3)CC1. The number of benzene rings is 1. The minimum atomic E-state index is -0.129. The highest BCUT2D eigenvalue weighted by Gasteiger charge is 2.45. The predicted molar refractivity (Wildman–Crippen MR) is 129 cm³/mol. The molecule has 4 saturated heterocycles. The van der Waals surface area contributed by atoms with Crippen LogP contribution in [0.3, 0.4) is 0 Å². The van der Waals surface area contributed by atoms with Gasteiger partial charge in [-0.25, -0.2) is 9.59 Å². The summed E-state index contributed by atoms with van der Waals surface area (Å²) in [6.07, 6.45) is 6.26. The highest BCUT2D eigenvalue weighted by atomic mass is 16.2. The smallest absolute Gasteiger partial charge is 0.320 e. The summed E-state index contributed by atoms with van der Waals surface area (Å²) in [5.41, 5.74) is 1.21. The third kappa shape index (κ3) is 5.15. The van der Waals surface area contributed by atoms with Gasteiger partial charge < -0.3 is 25.3 Å². The van der Waals surface area contributed by atoms with E-state index in [4.69, 9.17) is 0 Å². The van der Waals surface area contributed by atoms with Crippen molar-refractivity contribution in [2.45, 2.75) is 57.0 Å². The van der Waals surface area contributed by atoms with Gasteiger partial charge in [0.15, 0.2) is 0 Å². The molecule has 0 spiro atoms. The zero-order valence-corrected chi connectivity index (χ0v) is 20.0. The highest BCUT2D eigenvalue weighted by molar-refractivity contribution is 5.78. The number of nitrogens with zero attached hydrogens (tertiary/aromatic N) is 3. The van der Waals surface area contributed by atoms with E-state index in [0.29, 0.717) is 49.8 Å². The quantitative estimate of drug-likeness (QED) is 0.713. The Kier molecular flexibility index (Phi) is 6.92. The Morgan fingerprint density at radius 3 is 2.56 bits per heavy atom. The van der Waals surface area contributed by atoms with E-state index in [-0.39, 0.29) is 18.1 Å². The number of fused-ring (bicyclic) bond motifs is 4. The molecule has 0 radical (unpaired) electrons. The number of rotatable bonds is 4. The minimum Gasteiger partial charge on any atom is -0.339 e. The number of likely N-dealkylation sites (tertiary alicyclic amines) is 2. The number of amides is 5. The number of piperidine rings is 4. The van der Waals surface area contributed by atoms with Crippen LogP contribution in [-0.4, -0.2) is 84.0 Å². The van der Waals surface area contributed by atoms with E-state index in [1.54, 1.807) is 0 Å². The van der Waals surface area contributed by atoms with Crippen molar-refractivity contribution in [1.82, 2.24) is 25.3 Å². The molecule has 34 heavy (non-hydrogen) atoms. The van der Waals surface area contributed by atoms with Crippen LogP contribution < -0.4 is 10.6 Å². The van der Waals surface area contributed by atoms with E-state index in [2.05, 4.69) is 27.7 Å². The summed E-state index contributed by atoms with van der Waals surface area (Å²) < 4.78 is 0. The molecule has 0 saturated carbocycles. The van der Waals surface area contributed by atoms with Crippen LogP contribution in [0.25, 0.3) is 0 Å². The van der Waals surface area contributed by atoms with Gasteiger partial charge >= 0.3 is 12.1 Å². The summed E-state index contributed by atoms with van der Waals surface area (Å²) in [6.45, 7) is 4.30. The monoisotopic (exact) mass is 467 g/mol. The first kappa shape index (κ1) is 23.0. The zero-order chi connectivity index (χ0) is 23.5. The molecule has 184 valence electrons. The molecule has 8 heteroatoms. The van der Waals surface area contributed by atoms with E-state index < -0.39 is 0 Å². The standard InChI is InChI=1S/C26H37N5O3/c32-24-8-4-7-23-21-15-20(17-31(23)24)16-30(18-21)26(34)29-13-10-22(11-14-29)28-25(33)27-12-9-19-5-2-1-3-6-19/h1-3,5-6,20-23H,4,7-18H2,(H2,27,28,33)/t20-,21-,23-/m1/s1. The Labute approximate surface area is 202 Å². The van der Waals surface area contributed by atoms with Crippen molar-refractivity contribution in [2.24, 2.45) is 11.8 Å². The van der Waals surface area contributed by atoms with Gasteiger partial charge in [-0.3, -0.25) is 4.79 Å². The molecule has 4 fully saturated rings. The molecule has 8 nitrogen and oxygen atoms in total. The van der Waals surface area contributed by atoms with E-state index in [1.165, 1.54) is 5.56 Å². The third-order valence-corrected chi connectivity index (χ3v) is 8.09. The molecule has 4 heterocycles. The molecular weight excluding hydrogens is 430 g/mol. The molecular formula is C26H37N5O3. The number of carbonyl (C=O) groups excluding carboxylic acids is 3. The van der Waals surface area contributed by atoms with Gasteiger partial charge in [-0.1, -0.05) is 30.3 Å². The fraction of sp³-hybridized carbons (Fsp3) is 0.654. The molecule has 5 rings (SSSR count). The van der Waals surface area contributed by atoms with Crippen molar-refractivity contribution in [2.75, 3.05) is 39.3 Å². The van der Waals surface area contributed by atoms with Crippen LogP contribution in [0, 0.1) is 11.8 Å². The molecule has 3 atom stereocenters. The average molecular weight is 468 g/mol. The Bertz CT molecular complexity index is 886. The Morgan fingerprint density at radius 2 is 1.76 bits per heavy atom. The van der Waals surface area contributed by atoms with E-state index in [1.807, 2.05) is 28.0 Å². The van der Waals surface area contributed by atoms with Crippen LogP contribution in [0.4, 0.5) is 9.59 Å². The lowest BCUT2D eigenvalue weighted by molar-refractivity contribution is -0.144. The van der Waals surface area contributed by atoms with Crippen molar-refractivity contribution >= 4 is 18.0 Å². The van der Waals surface area contributed by atoms with Gasteiger partial charge in [0.1, 0.15) is 0 Å². The lowest BCUT2D eigenvalue weighted by Gasteiger charge is -2.53. The number of hydrogen-bond donors (Lipinski definition) is 2. The zero-order valence-electron chi connectivity index (χ0n) is 20.0. The first-order chi connectivity index (χ1) is 16.6. The molecule has 0 aliphatic carbocycles. The Morgan fingerprint density at radius 1 is 0.971 bits per heavy atom. The van der Waals surface area contributed by atoms with Crippen LogP contribution in [0.5, 0.6) is 0 Å². The normalized spacial score (nSPS) is 27.2. The van der Waals surface area contributed by atoms with Gasteiger partial charge in [0, 0.05) is 57.8 Å². The molecule has 5 amide bonds. The van der Waals surface area contributed by atoms with E-state index in [0.717, 1.165) is 58.2 Å². The number of carbonyl (C=O) groups is 3. The summed E-state index contributed by atoms with van der Waals surface area (Å²) in [4.78, 5) is 44.0. The predicted octanol–water partition coefficient (Wildman–Crippen LogP) is 2.45. The van der Waals surface area contributed by atoms with Crippen molar-refractivity contribution < 1.29 is 14.4 Å². The van der Waals surface area contributed by atoms with E-state index >= 15 is 0 Å². The van der Waals surface area contributed by atoms with Crippen LogP contribution >= 0.6 is 0 Å². The topological polar surface area (TPSA) is 85.0 Å². The van der Waals surface area contributed by atoms with Crippen molar-refractivity contribution in [1.29, 1.82) is 0 Å². The van der Waals surface area contributed by atoms with Gasteiger partial charge in [0.2, 0.25) is 5.91 Å². The Balaban J connectivity index is 1.05. The second-order valence-corrected chi connectivity index (χ2v) is 10.5. The van der Waals surface area contributed by atoms with Gasteiger partial charge in [0.25, 0.3) is 0 Å². The van der Waals surface area contributed by atoms with Crippen LogP contribution in [-0.2, 0) is 11.2 Å². The minimum absolute atomic E-state index is 0.100. The van der Waals surface area contributed by atoms with E-state index in [9.17, 15) is 14.4 Å². The van der Waals surface area contributed by atoms with Crippen molar-refractivity contribution in [3.63, 3.8) is 0 Å². The largest absolute Gasteiger partial charge is 0.339 e. The average Bonchev–Trinajstić information content (AvgIpc) is 2.85. The van der Waals surface area contributed by atoms with Crippen molar-refractivity contribution in [3.8, 4) is 0 Å². The molecule has 4 aliphatic heterocycles. The maximum absolute atomic E-state index is 13.3. The number of hydrogen-bond acceptors (Lipinski definition) is 3. The molecule has 2 bridgehead atoms. The molecule has 2 N–H and O–H groups in total. The fourth-order valence-electron chi connectivity index (χ4n) is 6.38. The molecule has 1 aromatic carbocycles. The maximum atomic E-state index is 13.3. The Hall–Kier alpha value is -2.77.